The average molecular weight is 175 g/mol. The van der Waals surface area contributed by atoms with Crippen LogP contribution in [0.5, 0.6) is 0 Å². The van der Waals surface area contributed by atoms with Gasteiger partial charge < -0.3 is 10.2 Å². The molecule has 2 aromatic rings. The van der Waals surface area contributed by atoms with Crippen LogP contribution in [0.15, 0.2) is 29.0 Å². The van der Waals surface area contributed by atoms with Crippen molar-refractivity contribution >= 4 is 5.69 Å². The van der Waals surface area contributed by atoms with E-state index in [9.17, 15) is 0 Å². The first kappa shape index (κ1) is 7.79. The Bertz CT molecular complexity index is 409. The van der Waals surface area contributed by atoms with Gasteiger partial charge in [-0.15, -0.1) is 10.2 Å². The summed E-state index contributed by atoms with van der Waals surface area (Å²) in [6.07, 6.45) is 1.29. The summed E-state index contributed by atoms with van der Waals surface area (Å²) in [5.74, 6) is 0.459. The molecule has 0 fully saturated rings. The molecule has 0 radical (unpaired) electrons. The standard InChI is InChI=1S/C9H9N3O/c1-6-3-2-4-7(8(6)10)9-12-11-5-13-9/h2-5H,10H2,1H3. The van der Waals surface area contributed by atoms with Crippen LogP contribution in [0.2, 0.25) is 0 Å². The van der Waals surface area contributed by atoms with Crippen molar-refractivity contribution in [2.24, 2.45) is 0 Å². The van der Waals surface area contributed by atoms with Crippen LogP contribution in [0.1, 0.15) is 5.56 Å². The number of rotatable bonds is 1. The second-order valence-corrected chi connectivity index (χ2v) is 2.78. The van der Waals surface area contributed by atoms with Gasteiger partial charge in [0, 0.05) is 5.69 Å². The number of nitrogens with zero attached hydrogens (tertiary/aromatic N) is 2. The maximum absolute atomic E-state index is 5.85. The monoisotopic (exact) mass is 175 g/mol. The molecule has 0 aliphatic heterocycles. The molecule has 0 unspecified atom stereocenters. The number of nitrogen functional groups attached to an aromatic ring is 1. The summed E-state index contributed by atoms with van der Waals surface area (Å²) in [4.78, 5) is 0. The SMILES string of the molecule is Cc1cccc(-c2nnco2)c1N. The first-order chi connectivity index (χ1) is 6.29. The average Bonchev–Trinajstić information content (AvgIpc) is 2.62. The highest BCUT2D eigenvalue weighted by Gasteiger charge is 2.08. The molecule has 66 valence electrons. The van der Waals surface area contributed by atoms with Gasteiger partial charge in [0.05, 0.1) is 5.56 Å². The third-order valence-electron chi connectivity index (χ3n) is 1.91. The maximum Gasteiger partial charge on any atom is 0.249 e. The van der Waals surface area contributed by atoms with Gasteiger partial charge in [0.1, 0.15) is 0 Å². The van der Waals surface area contributed by atoms with E-state index in [0.717, 1.165) is 11.1 Å². The first-order valence-electron chi connectivity index (χ1n) is 3.90. The lowest BCUT2D eigenvalue weighted by molar-refractivity contribution is 0.569. The number of benzene rings is 1. The van der Waals surface area contributed by atoms with Crippen LogP contribution in [-0.4, -0.2) is 10.2 Å². The largest absolute Gasteiger partial charge is 0.423 e. The van der Waals surface area contributed by atoms with E-state index in [-0.39, 0.29) is 0 Å². The minimum atomic E-state index is 0.459. The van der Waals surface area contributed by atoms with Crippen molar-refractivity contribution in [3.63, 3.8) is 0 Å². The topological polar surface area (TPSA) is 64.9 Å². The molecule has 1 heterocycles. The lowest BCUT2D eigenvalue weighted by atomic mass is 10.1. The fourth-order valence-corrected chi connectivity index (χ4v) is 1.16. The Hall–Kier alpha value is -1.84. The zero-order valence-electron chi connectivity index (χ0n) is 7.19. The molecule has 0 saturated carbocycles. The van der Waals surface area contributed by atoms with E-state index in [0.29, 0.717) is 11.6 Å². The molecular weight excluding hydrogens is 166 g/mol. The predicted molar refractivity (Wildman–Crippen MR) is 48.9 cm³/mol. The third kappa shape index (κ3) is 1.26. The zero-order chi connectivity index (χ0) is 9.26. The van der Waals surface area contributed by atoms with Crippen molar-refractivity contribution in [1.82, 2.24) is 10.2 Å². The van der Waals surface area contributed by atoms with Crippen molar-refractivity contribution in [3.05, 3.63) is 30.2 Å². The molecule has 4 heteroatoms. The van der Waals surface area contributed by atoms with E-state index in [4.69, 9.17) is 10.2 Å². The van der Waals surface area contributed by atoms with E-state index in [1.54, 1.807) is 0 Å². The number of anilines is 1. The quantitative estimate of drug-likeness (QED) is 0.669. The molecule has 13 heavy (non-hydrogen) atoms. The molecule has 0 bridgehead atoms. The van der Waals surface area contributed by atoms with Crippen molar-refractivity contribution in [2.75, 3.05) is 5.73 Å². The van der Waals surface area contributed by atoms with Gasteiger partial charge in [-0.25, -0.2) is 0 Å². The Kier molecular flexibility index (Phi) is 1.73. The number of aromatic nitrogens is 2. The highest BCUT2D eigenvalue weighted by molar-refractivity contribution is 5.72. The Balaban J connectivity index is 2.59. The summed E-state index contributed by atoms with van der Waals surface area (Å²) in [7, 11) is 0. The minimum absolute atomic E-state index is 0.459. The Morgan fingerprint density at radius 3 is 2.92 bits per heavy atom. The highest BCUT2D eigenvalue weighted by Crippen LogP contribution is 2.25. The number of para-hydroxylation sites is 1. The van der Waals surface area contributed by atoms with E-state index >= 15 is 0 Å². The number of aryl methyl sites for hydroxylation is 1. The Morgan fingerprint density at radius 1 is 1.38 bits per heavy atom. The second-order valence-electron chi connectivity index (χ2n) is 2.78. The van der Waals surface area contributed by atoms with Crippen molar-refractivity contribution in [1.29, 1.82) is 0 Å². The van der Waals surface area contributed by atoms with Crippen LogP contribution in [-0.2, 0) is 0 Å². The van der Waals surface area contributed by atoms with E-state index in [1.165, 1.54) is 6.39 Å². The minimum Gasteiger partial charge on any atom is -0.423 e. The summed E-state index contributed by atoms with van der Waals surface area (Å²) in [5.41, 5.74) is 8.33. The van der Waals surface area contributed by atoms with Gasteiger partial charge in [0.25, 0.3) is 0 Å². The molecule has 1 aromatic carbocycles. The molecule has 0 saturated heterocycles. The Labute approximate surface area is 75.4 Å². The summed E-state index contributed by atoms with van der Waals surface area (Å²) >= 11 is 0. The molecular formula is C9H9N3O. The highest BCUT2D eigenvalue weighted by atomic mass is 16.4. The molecule has 0 spiro atoms. The molecule has 0 atom stereocenters. The lowest BCUT2D eigenvalue weighted by Crippen LogP contribution is -1.93. The van der Waals surface area contributed by atoms with E-state index in [2.05, 4.69) is 10.2 Å². The van der Waals surface area contributed by atoms with Gasteiger partial charge in [-0.2, -0.15) is 0 Å². The molecule has 2 N–H and O–H groups in total. The van der Waals surface area contributed by atoms with Gasteiger partial charge in [-0.05, 0) is 18.6 Å². The summed E-state index contributed by atoms with van der Waals surface area (Å²) in [6, 6.07) is 5.70. The van der Waals surface area contributed by atoms with Crippen LogP contribution < -0.4 is 5.73 Å². The molecule has 4 nitrogen and oxygen atoms in total. The van der Waals surface area contributed by atoms with Crippen LogP contribution in [0.4, 0.5) is 5.69 Å². The normalized spacial score (nSPS) is 10.2. The summed E-state index contributed by atoms with van der Waals surface area (Å²) in [5, 5.41) is 7.39. The predicted octanol–water partition coefficient (Wildman–Crippen LogP) is 1.63. The van der Waals surface area contributed by atoms with Crippen LogP contribution >= 0.6 is 0 Å². The lowest BCUT2D eigenvalue weighted by Gasteiger charge is -2.02. The van der Waals surface area contributed by atoms with Crippen molar-refractivity contribution < 1.29 is 4.42 Å². The molecule has 0 aliphatic rings. The van der Waals surface area contributed by atoms with Crippen LogP contribution in [0.3, 0.4) is 0 Å². The second kappa shape index (κ2) is 2.90. The molecule has 2 rings (SSSR count). The van der Waals surface area contributed by atoms with Crippen LogP contribution in [0.25, 0.3) is 11.5 Å². The number of nitrogens with two attached hydrogens (primary N) is 1. The van der Waals surface area contributed by atoms with Crippen molar-refractivity contribution in [2.45, 2.75) is 6.92 Å². The zero-order valence-corrected chi connectivity index (χ0v) is 7.19. The third-order valence-corrected chi connectivity index (χ3v) is 1.91. The fourth-order valence-electron chi connectivity index (χ4n) is 1.16. The fraction of sp³-hybridized carbons (Fsp3) is 0.111. The smallest absolute Gasteiger partial charge is 0.249 e. The van der Waals surface area contributed by atoms with Crippen molar-refractivity contribution in [3.8, 4) is 11.5 Å². The summed E-state index contributed by atoms with van der Waals surface area (Å²) in [6.45, 7) is 1.94. The number of hydrogen-bond donors (Lipinski definition) is 1. The summed E-state index contributed by atoms with van der Waals surface area (Å²) < 4.78 is 5.05. The number of hydrogen-bond acceptors (Lipinski definition) is 4. The van der Waals surface area contributed by atoms with Gasteiger partial charge in [-0.1, -0.05) is 12.1 Å². The Morgan fingerprint density at radius 2 is 2.23 bits per heavy atom. The molecule has 0 amide bonds. The van der Waals surface area contributed by atoms with Gasteiger partial charge in [-0.3, -0.25) is 0 Å². The van der Waals surface area contributed by atoms with Gasteiger partial charge in [0.15, 0.2) is 0 Å². The van der Waals surface area contributed by atoms with Gasteiger partial charge in [0.2, 0.25) is 12.3 Å². The molecule has 1 aromatic heterocycles. The van der Waals surface area contributed by atoms with Gasteiger partial charge >= 0.3 is 0 Å². The van der Waals surface area contributed by atoms with Crippen LogP contribution in [0, 0.1) is 6.92 Å². The van der Waals surface area contributed by atoms with E-state index < -0.39 is 0 Å². The maximum atomic E-state index is 5.85. The van der Waals surface area contributed by atoms with E-state index in [1.807, 2.05) is 25.1 Å². The first-order valence-corrected chi connectivity index (χ1v) is 3.90. The molecule has 0 aliphatic carbocycles.